The molecule has 0 spiro atoms. The molecule has 1 amide bonds. The number of carbonyl (C=O) groups excluding carboxylic acids is 1. The molecule has 0 fully saturated rings. The first-order chi connectivity index (χ1) is 7.32. The lowest BCUT2D eigenvalue weighted by Crippen LogP contribution is -2.45. The standard InChI is InChI=1S/C12H19NO3/c1-12(2,3)9(11(15)16)10(14)13-8-6-4-5-7-8/h4-5,8-9H,6-7H2,1-3H3,(H,13,14)(H,15,16). The van der Waals surface area contributed by atoms with Crippen molar-refractivity contribution in [2.45, 2.75) is 39.7 Å². The second kappa shape index (κ2) is 4.68. The molecule has 0 radical (unpaired) electrons. The van der Waals surface area contributed by atoms with Gasteiger partial charge in [0.25, 0.3) is 0 Å². The third-order valence-electron chi connectivity index (χ3n) is 2.73. The molecule has 0 aromatic heterocycles. The molecule has 1 aliphatic carbocycles. The molecule has 0 heterocycles. The molecule has 0 saturated carbocycles. The fourth-order valence-corrected chi connectivity index (χ4v) is 1.90. The SMILES string of the molecule is CC(C)(C)C(C(=O)O)C(=O)NC1CC=CC1. The molecular formula is C12H19NO3. The average molecular weight is 225 g/mol. The maximum absolute atomic E-state index is 11.9. The summed E-state index contributed by atoms with van der Waals surface area (Å²) in [5.74, 6) is -2.43. The van der Waals surface area contributed by atoms with Crippen LogP contribution in [0.3, 0.4) is 0 Å². The Kier molecular flexibility index (Phi) is 3.73. The summed E-state index contributed by atoms with van der Waals surface area (Å²) >= 11 is 0. The van der Waals surface area contributed by atoms with E-state index in [9.17, 15) is 9.59 Å². The number of amides is 1. The smallest absolute Gasteiger partial charge is 0.316 e. The molecular weight excluding hydrogens is 206 g/mol. The van der Waals surface area contributed by atoms with Crippen LogP contribution in [-0.4, -0.2) is 23.0 Å². The van der Waals surface area contributed by atoms with Crippen molar-refractivity contribution in [2.24, 2.45) is 11.3 Å². The average Bonchev–Trinajstić information content (AvgIpc) is 2.52. The molecule has 16 heavy (non-hydrogen) atoms. The Morgan fingerprint density at radius 2 is 1.81 bits per heavy atom. The lowest BCUT2D eigenvalue weighted by Gasteiger charge is -2.27. The van der Waals surface area contributed by atoms with Gasteiger partial charge in [-0.2, -0.15) is 0 Å². The highest BCUT2D eigenvalue weighted by atomic mass is 16.4. The van der Waals surface area contributed by atoms with Crippen LogP contribution < -0.4 is 5.32 Å². The molecule has 0 aromatic carbocycles. The van der Waals surface area contributed by atoms with Crippen LogP contribution in [0.2, 0.25) is 0 Å². The monoisotopic (exact) mass is 225 g/mol. The van der Waals surface area contributed by atoms with Gasteiger partial charge in [0.1, 0.15) is 5.92 Å². The van der Waals surface area contributed by atoms with Crippen molar-refractivity contribution in [3.63, 3.8) is 0 Å². The molecule has 0 aliphatic heterocycles. The molecule has 1 atom stereocenters. The molecule has 4 heteroatoms. The Labute approximate surface area is 95.7 Å². The summed E-state index contributed by atoms with van der Waals surface area (Å²) in [6.45, 7) is 5.29. The minimum atomic E-state index is -1.06. The first kappa shape index (κ1) is 12.7. The van der Waals surface area contributed by atoms with Crippen LogP contribution in [0, 0.1) is 11.3 Å². The Morgan fingerprint density at radius 1 is 1.31 bits per heavy atom. The maximum atomic E-state index is 11.9. The van der Waals surface area contributed by atoms with Gasteiger partial charge in [-0.15, -0.1) is 0 Å². The van der Waals surface area contributed by atoms with E-state index < -0.39 is 17.3 Å². The molecule has 1 unspecified atom stereocenters. The van der Waals surface area contributed by atoms with E-state index in [4.69, 9.17) is 5.11 Å². The molecule has 1 aliphatic rings. The predicted octanol–water partition coefficient (Wildman–Crippen LogP) is 1.57. The fourth-order valence-electron chi connectivity index (χ4n) is 1.90. The van der Waals surface area contributed by atoms with Gasteiger partial charge in [-0.25, -0.2) is 0 Å². The molecule has 2 N–H and O–H groups in total. The zero-order valence-corrected chi connectivity index (χ0v) is 9.99. The zero-order chi connectivity index (χ0) is 12.3. The lowest BCUT2D eigenvalue weighted by atomic mass is 9.80. The van der Waals surface area contributed by atoms with Crippen molar-refractivity contribution in [3.8, 4) is 0 Å². The predicted molar refractivity (Wildman–Crippen MR) is 60.9 cm³/mol. The van der Waals surface area contributed by atoms with Gasteiger partial charge in [-0.3, -0.25) is 9.59 Å². The molecule has 0 aromatic rings. The highest BCUT2D eigenvalue weighted by Gasteiger charge is 2.38. The fraction of sp³-hybridized carbons (Fsp3) is 0.667. The van der Waals surface area contributed by atoms with E-state index in [2.05, 4.69) is 5.32 Å². The van der Waals surface area contributed by atoms with Crippen LogP contribution in [0.1, 0.15) is 33.6 Å². The molecule has 0 saturated heterocycles. The largest absolute Gasteiger partial charge is 0.481 e. The van der Waals surface area contributed by atoms with Crippen LogP contribution >= 0.6 is 0 Å². The van der Waals surface area contributed by atoms with Gasteiger partial charge in [0, 0.05) is 6.04 Å². The summed E-state index contributed by atoms with van der Waals surface area (Å²) in [7, 11) is 0. The van der Waals surface area contributed by atoms with Gasteiger partial charge in [0.2, 0.25) is 5.91 Å². The first-order valence-corrected chi connectivity index (χ1v) is 5.50. The van der Waals surface area contributed by atoms with Crippen LogP contribution in [0.4, 0.5) is 0 Å². The summed E-state index contributed by atoms with van der Waals surface area (Å²) in [5.41, 5.74) is -0.568. The van der Waals surface area contributed by atoms with Crippen LogP contribution in [0.5, 0.6) is 0 Å². The molecule has 0 bridgehead atoms. The maximum Gasteiger partial charge on any atom is 0.316 e. The topological polar surface area (TPSA) is 66.4 Å². The van der Waals surface area contributed by atoms with Crippen molar-refractivity contribution in [1.82, 2.24) is 5.32 Å². The van der Waals surface area contributed by atoms with Gasteiger partial charge in [-0.1, -0.05) is 32.9 Å². The van der Waals surface area contributed by atoms with E-state index in [0.29, 0.717) is 0 Å². The quantitative estimate of drug-likeness (QED) is 0.566. The van der Waals surface area contributed by atoms with E-state index in [1.807, 2.05) is 12.2 Å². The summed E-state index contributed by atoms with van der Waals surface area (Å²) < 4.78 is 0. The Hall–Kier alpha value is -1.32. The zero-order valence-electron chi connectivity index (χ0n) is 9.99. The highest BCUT2D eigenvalue weighted by Crippen LogP contribution is 2.26. The number of carboxylic acids is 1. The number of rotatable bonds is 3. The van der Waals surface area contributed by atoms with Crippen molar-refractivity contribution in [3.05, 3.63) is 12.2 Å². The number of carbonyl (C=O) groups is 2. The number of aliphatic carboxylic acids is 1. The first-order valence-electron chi connectivity index (χ1n) is 5.50. The number of hydrogen-bond donors (Lipinski definition) is 2. The minimum Gasteiger partial charge on any atom is -0.481 e. The summed E-state index contributed by atoms with van der Waals surface area (Å²) in [5, 5.41) is 11.9. The third kappa shape index (κ3) is 3.08. The van der Waals surface area contributed by atoms with E-state index in [0.717, 1.165) is 12.8 Å². The van der Waals surface area contributed by atoms with Crippen LogP contribution in [0.25, 0.3) is 0 Å². The second-order valence-corrected chi connectivity index (χ2v) is 5.29. The van der Waals surface area contributed by atoms with Gasteiger partial charge < -0.3 is 10.4 Å². The molecule has 90 valence electrons. The van der Waals surface area contributed by atoms with E-state index >= 15 is 0 Å². The number of carboxylic acid groups (broad SMARTS) is 1. The Bertz CT molecular complexity index is 307. The Morgan fingerprint density at radius 3 is 2.19 bits per heavy atom. The molecule has 1 rings (SSSR count). The molecule has 4 nitrogen and oxygen atoms in total. The summed E-state index contributed by atoms with van der Waals surface area (Å²) in [6, 6.07) is 0.0664. The summed E-state index contributed by atoms with van der Waals surface area (Å²) in [4.78, 5) is 23.0. The van der Waals surface area contributed by atoms with Gasteiger partial charge in [-0.05, 0) is 18.3 Å². The van der Waals surface area contributed by atoms with E-state index in [1.165, 1.54) is 0 Å². The highest BCUT2D eigenvalue weighted by molar-refractivity contribution is 5.97. The second-order valence-electron chi connectivity index (χ2n) is 5.29. The third-order valence-corrected chi connectivity index (χ3v) is 2.73. The van der Waals surface area contributed by atoms with Crippen molar-refractivity contribution in [1.29, 1.82) is 0 Å². The van der Waals surface area contributed by atoms with Gasteiger partial charge in [0.05, 0.1) is 0 Å². The Balaban J connectivity index is 2.65. The lowest BCUT2D eigenvalue weighted by molar-refractivity contribution is -0.151. The minimum absolute atomic E-state index is 0.0664. The summed E-state index contributed by atoms with van der Waals surface area (Å²) in [6.07, 6.45) is 5.58. The number of nitrogens with one attached hydrogen (secondary N) is 1. The van der Waals surface area contributed by atoms with Crippen molar-refractivity contribution in [2.75, 3.05) is 0 Å². The van der Waals surface area contributed by atoms with Crippen molar-refractivity contribution >= 4 is 11.9 Å². The van der Waals surface area contributed by atoms with Gasteiger partial charge in [0.15, 0.2) is 0 Å². The van der Waals surface area contributed by atoms with E-state index in [1.54, 1.807) is 20.8 Å². The normalized spacial score (nSPS) is 18.4. The number of hydrogen-bond acceptors (Lipinski definition) is 2. The van der Waals surface area contributed by atoms with Crippen LogP contribution in [-0.2, 0) is 9.59 Å². The van der Waals surface area contributed by atoms with Crippen LogP contribution in [0.15, 0.2) is 12.2 Å². The van der Waals surface area contributed by atoms with Gasteiger partial charge >= 0.3 is 5.97 Å². The van der Waals surface area contributed by atoms with E-state index in [-0.39, 0.29) is 11.9 Å². The van der Waals surface area contributed by atoms with Crippen molar-refractivity contribution < 1.29 is 14.7 Å².